The number of fused-ring (bicyclic) bond motifs is 1. The maximum absolute atomic E-state index is 4.57. The molecule has 3 aromatic rings. The molecule has 4 rings (SSSR count). The van der Waals surface area contributed by atoms with Gasteiger partial charge in [-0.1, -0.05) is 0 Å². The van der Waals surface area contributed by atoms with Gasteiger partial charge in [0.2, 0.25) is 0 Å². The Hall–Kier alpha value is -2.23. The fourth-order valence-corrected chi connectivity index (χ4v) is 2.83. The molecule has 0 N–H and O–H groups in total. The molecule has 0 aromatic carbocycles. The number of hydrogen-bond donors (Lipinski definition) is 0. The van der Waals surface area contributed by atoms with Crippen LogP contribution in [0.5, 0.6) is 0 Å². The standard InChI is InChI=1S/C16H16N4/c1-11-5-7-17-9-14(11)13-6-8-18-16-15(13)10-19-20(16)12-3-2-4-12/h5-10,12H,2-4H2,1H3. The van der Waals surface area contributed by atoms with Crippen LogP contribution in [-0.4, -0.2) is 19.7 Å². The maximum Gasteiger partial charge on any atom is 0.158 e. The number of aromatic nitrogens is 4. The number of hydrogen-bond acceptors (Lipinski definition) is 3. The molecule has 4 heteroatoms. The van der Waals surface area contributed by atoms with Crippen LogP contribution in [0.3, 0.4) is 0 Å². The smallest absolute Gasteiger partial charge is 0.158 e. The fraction of sp³-hybridized carbons (Fsp3) is 0.312. The number of rotatable bonds is 2. The van der Waals surface area contributed by atoms with Crippen LogP contribution in [0.2, 0.25) is 0 Å². The maximum atomic E-state index is 4.57. The van der Waals surface area contributed by atoms with Crippen LogP contribution in [0, 0.1) is 6.92 Å². The summed E-state index contributed by atoms with van der Waals surface area (Å²) in [6.07, 6.45) is 11.3. The zero-order valence-electron chi connectivity index (χ0n) is 11.5. The lowest BCUT2D eigenvalue weighted by molar-refractivity contribution is 0.296. The van der Waals surface area contributed by atoms with Crippen molar-refractivity contribution in [2.24, 2.45) is 0 Å². The van der Waals surface area contributed by atoms with Gasteiger partial charge in [0, 0.05) is 29.5 Å². The monoisotopic (exact) mass is 264 g/mol. The second-order valence-electron chi connectivity index (χ2n) is 5.46. The first kappa shape index (κ1) is 11.6. The molecule has 0 radical (unpaired) electrons. The molecule has 0 spiro atoms. The highest BCUT2D eigenvalue weighted by Crippen LogP contribution is 2.35. The summed E-state index contributed by atoms with van der Waals surface area (Å²) in [7, 11) is 0. The van der Waals surface area contributed by atoms with Crippen molar-refractivity contribution in [1.29, 1.82) is 0 Å². The van der Waals surface area contributed by atoms with E-state index in [4.69, 9.17) is 0 Å². The minimum atomic E-state index is 0.533. The molecule has 1 aliphatic rings. The third-order valence-corrected chi connectivity index (χ3v) is 4.25. The highest BCUT2D eigenvalue weighted by atomic mass is 15.3. The van der Waals surface area contributed by atoms with Gasteiger partial charge in [-0.3, -0.25) is 4.98 Å². The first-order valence-corrected chi connectivity index (χ1v) is 7.08. The van der Waals surface area contributed by atoms with Crippen LogP contribution >= 0.6 is 0 Å². The number of aryl methyl sites for hydroxylation is 1. The van der Waals surface area contributed by atoms with Gasteiger partial charge in [-0.05, 0) is 49.4 Å². The quantitative estimate of drug-likeness (QED) is 0.711. The zero-order chi connectivity index (χ0) is 13.5. The molecule has 0 unspecified atom stereocenters. The van der Waals surface area contributed by atoms with Crippen molar-refractivity contribution in [3.05, 3.63) is 42.5 Å². The highest BCUT2D eigenvalue weighted by Gasteiger charge is 2.23. The third-order valence-electron chi connectivity index (χ3n) is 4.25. The summed E-state index contributed by atoms with van der Waals surface area (Å²) in [5, 5.41) is 5.69. The van der Waals surface area contributed by atoms with Crippen molar-refractivity contribution in [3.63, 3.8) is 0 Å². The topological polar surface area (TPSA) is 43.6 Å². The summed E-state index contributed by atoms with van der Waals surface area (Å²) in [6.45, 7) is 2.11. The predicted molar refractivity (Wildman–Crippen MR) is 78.4 cm³/mol. The normalized spacial score (nSPS) is 15.4. The number of pyridine rings is 2. The molecule has 4 nitrogen and oxygen atoms in total. The van der Waals surface area contributed by atoms with E-state index in [0.717, 1.165) is 16.6 Å². The molecule has 1 saturated carbocycles. The molecule has 0 atom stereocenters. The Labute approximate surface area is 117 Å². The van der Waals surface area contributed by atoms with Crippen molar-refractivity contribution in [1.82, 2.24) is 19.7 Å². The van der Waals surface area contributed by atoms with Gasteiger partial charge in [0.1, 0.15) is 0 Å². The van der Waals surface area contributed by atoms with E-state index in [0.29, 0.717) is 6.04 Å². The van der Waals surface area contributed by atoms with Crippen LogP contribution in [0.1, 0.15) is 30.9 Å². The summed E-state index contributed by atoms with van der Waals surface area (Å²) in [5.74, 6) is 0. The molecule has 1 aliphatic carbocycles. The molecule has 0 aliphatic heterocycles. The van der Waals surface area contributed by atoms with Crippen molar-refractivity contribution in [2.75, 3.05) is 0 Å². The van der Waals surface area contributed by atoms with Crippen molar-refractivity contribution in [3.8, 4) is 11.1 Å². The van der Waals surface area contributed by atoms with E-state index in [2.05, 4.69) is 32.7 Å². The van der Waals surface area contributed by atoms with Crippen molar-refractivity contribution in [2.45, 2.75) is 32.2 Å². The number of nitrogens with zero attached hydrogens (tertiary/aromatic N) is 4. The van der Waals surface area contributed by atoms with Gasteiger partial charge in [0.15, 0.2) is 5.65 Å². The molecular weight excluding hydrogens is 248 g/mol. The van der Waals surface area contributed by atoms with E-state index in [1.54, 1.807) is 0 Å². The van der Waals surface area contributed by atoms with E-state index in [1.165, 1.54) is 30.4 Å². The first-order chi connectivity index (χ1) is 9.84. The largest absolute Gasteiger partial charge is 0.264 e. The summed E-state index contributed by atoms with van der Waals surface area (Å²) >= 11 is 0. The van der Waals surface area contributed by atoms with Gasteiger partial charge in [-0.2, -0.15) is 5.10 Å². The van der Waals surface area contributed by atoms with Crippen LogP contribution in [0.15, 0.2) is 36.9 Å². The molecule has 3 heterocycles. The lowest BCUT2D eigenvalue weighted by Crippen LogP contribution is -2.18. The van der Waals surface area contributed by atoms with Gasteiger partial charge in [0.25, 0.3) is 0 Å². The highest BCUT2D eigenvalue weighted by molar-refractivity contribution is 5.93. The molecular formula is C16H16N4. The van der Waals surface area contributed by atoms with Gasteiger partial charge in [-0.25, -0.2) is 9.67 Å². The molecule has 0 amide bonds. The van der Waals surface area contributed by atoms with Crippen molar-refractivity contribution < 1.29 is 0 Å². The van der Waals surface area contributed by atoms with Crippen LogP contribution in [0.25, 0.3) is 22.2 Å². The summed E-state index contributed by atoms with van der Waals surface area (Å²) in [5.41, 5.74) is 4.55. The van der Waals surface area contributed by atoms with E-state index < -0.39 is 0 Å². The van der Waals surface area contributed by atoms with Gasteiger partial charge < -0.3 is 0 Å². The lowest BCUT2D eigenvalue weighted by atomic mass is 9.93. The summed E-state index contributed by atoms with van der Waals surface area (Å²) in [4.78, 5) is 8.79. The van der Waals surface area contributed by atoms with E-state index in [9.17, 15) is 0 Å². The second-order valence-corrected chi connectivity index (χ2v) is 5.46. The Bertz CT molecular complexity index is 771. The van der Waals surface area contributed by atoms with Crippen LogP contribution in [-0.2, 0) is 0 Å². The average molecular weight is 264 g/mol. The minimum absolute atomic E-state index is 0.533. The molecule has 1 fully saturated rings. The summed E-state index contributed by atoms with van der Waals surface area (Å²) in [6, 6.07) is 4.63. The SMILES string of the molecule is Cc1ccncc1-c1ccnc2c1cnn2C1CCC1. The Kier molecular flexibility index (Phi) is 2.55. The van der Waals surface area contributed by atoms with E-state index in [-0.39, 0.29) is 0 Å². The second kappa shape index (κ2) is 4.40. The van der Waals surface area contributed by atoms with E-state index in [1.807, 2.05) is 30.9 Å². The minimum Gasteiger partial charge on any atom is -0.264 e. The summed E-state index contributed by atoms with van der Waals surface area (Å²) < 4.78 is 2.09. The zero-order valence-corrected chi connectivity index (χ0v) is 11.5. The third kappa shape index (κ3) is 1.64. The average Bonchev–Trinajstić information content (AvgIpc) is 2.82. The Balaban J connectivity index is 1.93. The van der Waals surface area contributed by atoms with E-state index >= 15 is 0 Å². The molecule has 3 aromatic heterocycles. The molecule has 100 valence electrons. The molecule has 20 heavy (non-hydrogen) atoms. The van der Waals surface area contributed by atoms with Gasteiger partial charge >= 0.3 is 0 Å². The van der Waals surface area contributed by atoms with Gasteiger partial charge in [-0.15, -0.1) is 0 Å². The first-order valence-electron chi connectivity index (χ1n) is 7.08. The molecule has 0 bridgehead atoms. The van der Waals surface area contributed by atoms with Gasteiger partial charge in [0.05, 0.1) is 12.2 Å². The van der Waals surface area contributed by atoms with Crippen molar-refractivity contribution >= 4 is 11.0 Å². The fourth-order valence-electron chi connectivity index (χ4n) is 2.83. The molecule has 0 saturated heterocycles. The Morgan fingerprint density at radius 3 is 2.75 bits per heavy atom. The Morgan fingerprint density at radius 1 is 1.10 bits per heavy atom. The lowest BCUT2D eigenvalue weighted by Gasteiger charge is -2.25. The predicted octanol–water partition coefficient (Wildman–Crippen LogP) is 3.53. The Morgan fingerprint density at radius 2 is 2.00 bits per heavy atom. The van der Waals surface area contributed by atoms with Crippen LogP contribution in [0.4, 0.5) is 0 Å². The van der Waals surface area contributed by atoms with Crippen LogP contribution < -0.4 is 0 Å².